The molecule has 1 fully saturated rings. The van der Waals surface area contributed by atoms with Gasteiger partial charge in [-0.1, -0.05) is 73.7 Å². The molecule has 3 aromatic carbocycles. The van der Waals surface area contributed by atoms with Crippen LogP contribution in [0.25, 0.3) is 0 Å². The van der Waals surface area contributed by atoms with E-state index in [4.69, 9.17) is 11.6 Å². The molecule has 0 unspecified atom stereocenters. The monoisotopic (exact) mass is 613 g/mol. The van der Waals surface area contributed by atoms with Crippen LogP contribution in [0.1, 0.15) is 56.6 Å². The molecular formula is C32H37ClFN3O4S. The van der Waals surface area contributed by atoms with Crippen molar-refractivity contribution < 1.29 is 22.4 Å². The number of amides is 2. The third kappa shape index (κ3) is 7.69. The van der Waals surface area contributed by atoms with Crippen molar-refractivity contribution in [3.63, 3.8) is 0 Å². The van der Waals surface area contributed by atoms with E-state index >= 15 is 0 Å². The van der Waals surface area contributed by atoms with Crippen molar-refractivity contribution in [3.8, 4) is 0 Å². The van der Waals surface area contributed by atoms with Gasteiger partial charge in [0.1, 0.15) is 18.4 Å². The molecule has 0 bridgehead atoms. The Labute approximate surface area is 252 Å². The quantitative estimate of drug-likeness (QED) is 0.277. The Balaban J connectivity index is 1.71. The minimum atomic E-state index is -4.23. The molecular weight excluding hydrogens is 577 g/mol. The number of rotatable bonds is 11. The van der Waals surface area contributed by atoms with Crippen molar-refractivity contribution in [2.45, 2.75) is 75.9 Å². The normalized spacial score (nSPS) is 14.7. The number of carbonyl (C=O) groups is 2. The van der Waals surface area contributed by atoms with Gasteiger partial charge in [0, 0.05) is 17.6 Å². The molecule has 0 heterocycles. The van der Waals surface area contributed by atoms with Crippen LogP contribution in [-0.4, -0.2) is 43.8 Å². The number of hydrogen-bond donors (Lipinski definition) is 1. The summed E-state index contributed by atoms with van der Waals surface area (Å²) < 4.78 is 42.6. The summed E-state index contributed by atoms with van der Waals surface area (Å²) in [7, 11) is -4.23. The molecule has 7 nitrogen and oxygen atoms in total. The molecule has 10 heteroatoms. The van der Waals surface area contributed by atoms with Crippen LogP contribution in [0, 0.1) is 12.7 Å². The zero-order chi connectivity index (χ0) is 30.3. The SMILES string of the molecule is CC[C@H](C(=O)NC1CCCCC1)N(Cc1ccccc1Cl)C(=O)CN(c1ccc(F)cc1)S(=O)(=O)c1ccc(C)cc1. The number of halogens is 2. The number of hydrogen-bond acceptors (Lipinski definition) is 4. The predicted octanol–water partition coefficient (Wildman–Crippen LogP) is 6.24. The summed E-state index contributed by atoms with van der Waals surface area (Å²) in [6, 6.07) is 17.4. The molecule has 0 saturated heterocycles. The van der Waals surface area contributed by atoms with E-state index in [-0.39, 0.29) is 29.1 Å². The van der Waals surface area contributed by atoms with E-state index in [1.165, 1.54) is 29.2 Å². The molecule has 0 spiro atoms. The Morgan fingerprint density at radius 3 is 2.24 bits per heavy atom. The predicted molar refractivity (Wildman–Crippen MR) is 163 cm³/mol. The second kappa shape index (κ2) is 14.2. The molecule has 4 rings (SSSR count). The van der Waals surface area contributed by atoms with Gasteiger partial charge in [-0.2, -0.15) is 0 Å². The Morgan fingerprint density at radius 1 is 0.976 bits per heavy atom. The first-order valence-corrected chi connectivity index (χ1v) is 16.1. The standard InChI is InChI=1S/C32H37ClFN3O4S/c1-3-30(32(39)35-26-10-5-4-6-11-26)36(21-24-9-7-8-12-29(24)33)31(38)22-37(27-17-15-25(34)16-18-27)42(40,41)28-19-13-23(2)14-20-28/h7-9,12-20,26,30H,3-6,10-11,21-22H2,1-2H3,(H,35,39)/t30-/m1/s1. The van der Waals surface area contributed by atoms with Gasteiger partial charge in [0.25, 0.3) is 10.0 Å². The second-order valence-corrected chi connectivity index (χ2v) is 13.0. The summed E-state index contributed by atoms with van der Waals surface area (Å²) in [5.74, 6) is -1.40. The fourth-order valence-electron chi connectivity index (χ4n) is 5.25. The molecule has 3 aromatic rings. The van der Waals surface area contributed by atoms with E-state index in [0.717, 1.165) is 54.1 Å². The summed E-state index contributed by atoms with van der Waals surface area (Å²) in [6.07, 6.45) is 5.29. The van der Waals surface area contributed by atoms with Crippen LogP contribution in [0.5, 0.6) is 0 Å². The highest BCUT2D eigenvalue weighted by atomic mass is 35.5. The number of aryl methyl sites for hydroxylation is 1. The fourth-order valence-corrected chi connectivity index (χ4v) is 6.86. The Hall–Kier alpha value is -3.43. The van der Waals surface area contributed by atoms with Crippen molar-refractivity contribution >= 4 is 39.1 Å². The largest absolute Gasteiger partial charge is 0.352 e. The number of nitrogens with one attached hydrogen (secondary N) is 1. The molecule has 1 atom stereocenters. The van der Waals surface area contributed by atoms with E-state index in [1.807, 2.05) is 13.8 Å². The van der Waals surface area contributed by atoms with Gasteiger partial charge >= 0.3 is 0 Å². The second-order valence-electron chi connectivity index (χ2n) is 10.7. The number of benzene rings is 3. The molecule has 0 radical (unpaired) electrons. The lowest BCUT2D eigenvalue weighted by atomic mass is 9.95. The molecule has 1 saturated carbocycles. The zero-order valence-electron chi connectivity index (χ0n) is 23.9. The number of anilines is 1. The van der Waals surface area contributed by atoms with Gasteiger partial charge in [0.05, 0.1) is 10.6 Å². The minimum absolute atomic E-state index is 0.00929. The van der Waals surface area contributed by atoms with E-state index in [1.54, 1.807) is 36.4 Å². The van der Waals surface area contributed by atoms with E-state index in [9.17, 15) is 22.4 Å². The maximum Gasteiger partial charge on any atom is 0.264 e. The van der Waals surface area contributed by atoms with Gasteiger partial charge < -0.3 is 10.2 Å². The van der Waals surface area contributed by atoms with Crippen molar-refractivity contribution in [2.75, 3.05) is 10.8 Å². The molecule has 224 valence electrons. The van der Waals surface area contributed by atoms with E-state index in [2.05, 4.69) is 5.32 Å². The van der Waals surface area contributed by atoms with Crippen LogP contribution in [-0.2, 0) is 26.2 Å². The van der Waals surface area contributed by atoms with Crippen molar-refractivity contribution in [1.29, 1.82) is 0 Å². The first-order chi connectivity index (χ1) is 20.1. The summed E-state index contributed by atoms with van der Waals surface area (Å²) in [5, 5.41) is 3.55. The summed E-state index contributed by atoms with van der Waals surface area (Å²) in [4.78, 5) is 29.2. The zero-order valence-corrected chi connectivity index (χ0v) is 25.5. The van der Waals surface area contributed by atoms with Gasteiger partial charge in [0.15, 0.2) is 0 Å². The molecule has 1 aliphatic rings. The van der Waals surface area contributed by atoms with Crippen LogP contribution in [0.3, 0.4) is 0 Å². The number of sulfonamides is 1. The Kier molecular flexibility index (Phi) is 10.6. The van der Waals surface area contributed by atoms with Gasteiger partial charge in [-0.25, -0.2) is 12.8 Å². The minimum Gasteiger partial charge on any atom is -0.352 e. The van der Waals surface area contributed by atoms with Crippen molar-refractivity contribution in [1.82, 2.24) is 10.2 Å². The summed E-state index contributed by atoms with van der Waals surface area (Å²) >= 11 is 6.46. The van der Waals surface area contributed by atoms with Crippen LogP contribution >= 0.6 is 11.6 Å². The molecule has 1 N–H and O–H groups in total. The van der Waals surface area contributed by atoms with Crippen LogP contribution in [0.2, 0.25) is 5.02 Å². The molecule has 42 heavy (non-hydrogen) atoms. The molecule has 2 amide bonds. The third-order valence-corrected chi connectivity index (χ3v) is 9.80. The van der Waals surface area contributed by atoms with Gasteiger partial charge in [-0.05, 0) is 74.2 Å². The van der Waals surface area contributed by atoms with Gasteiger partial charge in [0.2, 0.25) is 11.8 Å². The lowest BCUT2D eigenvalue weighted by Gasteiger charge is -2.34. The average molecular weight is 614 g/mol. The fraction of sp³-hybridized carbons (Fsp3) is 0.375. The van der Waals surface area contributed by atoms with E-state index in [0.29, 0.717) is 17.0 Å². The van der Waals surface area contributed by atoms with Crippen LogP contribution in [0.4, 0.5) is 10.1 Å². The molecule has 1 aliphatic carbocycles. The summed E-state index contributed by atoms with van der Waals surface area (Å²) in [5.41, 5.74) is 1.63. The van der Waals surface area contributed by atoms with Gasteiger partial charge in [-0.15, -0.1) is 0 Å². The van der Waals surface area contributed by atoms with Crippen molar-refractivity contribution in [2.24, 2.45) is 0 Å². The molecule has 0 aromatic heterocycles. The van der Waals surface area contributed by atoms with Gasteiger partial charge in [-0.3, -0.25) is 13.9 Å². The lowest BCUT2D eigenvalue weighted by Crippen LogP contribution is -2.54. The lowest BCUT2D eigenvalue weighted by molar-refractivity contribution is -0.140. The van der Waals surface area contributed by atoms with Crippen molar-refractivity contribution in [3.05, 3.63) is 94.8 Å². The topological polar surface area (TPSA) is 86.8 Å². The highest BCUT2D eigenvalue weighted by Crippen LogP contribution is 2.26. The maximum absolute atomic E-state index is 14.2. The van der Waals surface area contributed by atoms with Crippen LogP contribution < -0.4 is 9.62 Å². The van der Waals surface area contributed by atoms with E-state index < -0.39 is 34.3 Å². The summed E-state index contributed by atoms with van der Waals surface area (Å²) in [6.45, 7) is 3.07. The van der Waals surface area contributed by atoms with Crippen LogP contribution in [0.15, 0.2) is 77.7 Å². The first kappa shape index (κ1) is 31.5. The average Bonchev–Trinajstić information content (AvgIpc) is 2.98. The maximum atomic E-state index is 14.2. The first-order valence-electron chi connectivity index (χ1n) is 14.3. The highest BCUT2D eigenvalue weighted by Gasteiger charge is 2.34. The number of carbonyl (C=O) groups excluding carboxylic acids is 2. The Bertz CT molecular complexity index is 1480. The number of nitrogens with zero attached hydrogens (tertiary/aromatic N) is 2. The third-order valence-electron chi connectivity index (χ3n) is 7.64. The molecule has 0 aliphatic heterocycles. The smallest absolute Gasteiger partial charge is 0.264 e. The Morgan fingerprint density at radius 2 is 1.62 bits per heavy atom. The highest BCUT2D eigenvalue weighted by molar-refractivity contribution is 7.92.